The summed E-state index contributed by atoms with van der Waals surface area (Å²) in [5.41, 5.74) is 4.08. The molecule has 1 saturated heterocycles. The van der Waals surface area contributed by atoms with E-state index < -0.39 is 0 Å². The van der Waals surface area contributed by atoms with Crippen molar-refractivity contribution < 1.29 is 0 Å². The number of piperidine rings is 1. The predicted molar refractivity (Wildman–Crippen MR) is 134 cm³/mol. The Morgan fingerprint density at radius 3 is 2.58 bits per heavy atom. The summed E-state index contributed by atoms with van der Waals surface area (Å²) in [5.74, 6) is 2.02. The van der Waals surface area contributed by atoms with E-state index in [2.05, 4.69) is 57.3 Å². The lowest BCUT2D eigenvalue weighted by molar-refractivity contribution is 0.434. The normalized spacial score (nSPS) is 14.8. The molecule has 0 atom stereocenters. The van der Waals surface area contributed by atoms with Crippen LogP contribution in [-0.4, -0.2) is 28.0 Å². The number of halogens is 2. The van der Waals surface area contributed by atoms with E-state index in [1.807, 2.05) is 24.3 Å². The van der Waals surface area contributed by atoms with Gasteiger partial charge in [-0.25, -0.2) is 0 Å². The van der Waals surface area contributed by atoms with Crippen LogP contribution in [0.5, 0.6) is 0 Å². The highest BCUT2D eigenvalue weighted by molar-refractivity contribution is 6.42. The largest absolute Gasteiger partial charge is 0.341 e. The van der Waals surface area contributed by atoms with Crippen LogP contribution in [0.2, 0.25) is 10.0 Å². The second-order valence-corrected chi connectivity index (χ2v) is 9.20. The van der Waals surface area contributed by atoms with Gasteiger partial charge in [0.2, 0.25) is 11.9 Å². The third-order valence-electron chi connectivity index (χ3n) is 5.96. The molecule has 1 aromatic heterocycles. The second kappa shape index (κ2) is 10.4. The fraction of sp³-hybridized carbons (Fsp3) is 0.375. The summed E-state index contributed by atoms with van der Waals surface area (Å²) in [6, 6.07) is 11.5. The number of hydrogen-bond donors (Lipinski definition) is 1. The van der Waals surface area contributed by atoms with Gasteiger partial charge in [0.25, 0.3) is 5.95 Å². The number of anilines is 3. The van der Waals surface area contributed by atoms with Gasteiger partial charge in [-0.15, -0.1) is 5.11 Å². The van der Waals surface area contributed by atoms with Crippen molar-refractivity contribution in [3.8, 4) is 0 Å². The number of hydrogen-bond acceptors (Lipinski definition) is 7. The zero-order valence-corrected chi connectivity index (χ0v) is 20.5. The summed E-state index contributed by atoms with van der Waals surface area (Å²) >= 11 is 12.4. The molecule has 1 aliphatic rings. The van der Waals surface area contributed by atoms with Gasteiger partial charge in [0.1, 0.15) is 0 Å². The molecular weight excluding hydrogens is 457 g/mol. The first-order chi connectivity index (χ1) is 15.9. The van der Waals surface area contributed by atoms with E-state index in [-0.39, 0.29) is 12.5 Å². The summed E-state index contributed by atoms with van der Waals surface area (Å²) in [4.78, 5) is 16.0. The molecule has 9 heteroatoms. The molecule has 172 valence electrons. The zero-order valence-electron chi connectivity index (χ0n) is 19.0. The third-order valence-corrected chi connectivity index (χ3v) is 6.82. The van der Waals surface area contributed by atoms with Crippen molar-refractivity contribution in [1.82, 2.24) is 15.0 Å². The molecule has 3 aromatic rings. The molecule has 0 unspecified atom stereocenters. The minimum absolute atomic E-state index is 0.254. The van der Waals surface area contributed by atoms with Crippen molar-refractivity contribution >= 4 is 46.7 Å². The summed E-state index contributed by atoms with van der Waals surface area (Å²) < 4.78 is 0. The molecule has 0 bridgehead atoms. The van der Waals surface area contributed by atoms with Crippen molar-refractivity contribution in [1.29, 1.82) is 0 Å². The predicted octanol–water partition coefficient (Wildman–Crippen LogP) is 7.06. The molecule has 1 aliphatic heterocycles. The van der Waals surface area contributed by atoms with Gasteiger partial charge in [-0.05, 0) is 61.4 Å². The lowest BCUT2D eigenvalue weighted by Crippen LogP contribution is -2.34. The maximum Gasteiger partial charge on any atom is 0.275 e. The van der Waals surface area contributed by atoms with E-state index in [0.717, 1.165) is 42.7 Å². The first kappa shape index (κ1) is 23.4. The number of nitrogens with zero attached hydrogens (tertiary/aromatic N) is 6. The smallest absolute Gasteiger partial charge is 0.275 e. The minimum atomic E-state index is 0.254. The highest BCUT2D eigenvalue weighted by Crippen LogP contribution is 2.28. The van der Waals surface area contributed by atoms with E-state index in [0.29, 0.717) is 27.9 Å². The van der Waals surface area contributed by atoms with E-state index in [1.54, 1.807) is 6.07 Å². The Morgan fingerprint density at radius 2 is 1.79 bits per heavy atom. The lowest BCUT2D eigenvalue weighted by atomic mass is 10.00. The molecule has 2 aromatic carbocycles. The average molecular weight is 484 g/mol. The van der Waals surface area contributed by atoms with Crippen molar-refractivity contribution in [2.24, 2.45) is 16.1 Å². The van der Waals surface area contributed by atoms with Gasteiger partial charge >= 0.3 is 0 Å². The Morgan fingerprint density at radius 1 is 1.03 bits per heavy atom. The molecule has 0 spiro atoms. The minimum Gasteiger partial charge on any atom is -0.341 e. The van der Waals surface area contributed by atoms with Gasteiger partial charge in [0.05, 0.1) is 16.6 Å². The monoisotopic (exact) mass is 483 g/mol. The van der Waals surface area contributed by atoms with Crippen LogP contribution >= 0.6 is 23.2 Å². The van der Waals surface area contributed by atoms with Crippen molar-refractivity contribution in [3.63, 3.8) is 0 Å². The van der Waals surface area contributed by atoms with Crippen LogP contribution in [0.1, 0.15) is 36.5 Å². The van der Waals surface area contributed by atoms with Crippen LogP contribution in [0.15, 0.2) is 46.6 Å². The fourth-order valence-electron chi connectivity index (χ4n) is 3.66. The van der Waals surface area contributed by atoms with E-state index in [9.17, 15) is 0 Å². The van der Waals surface area contributed by atoms with Crippen molar-refractivity contribution in [3.05, 3.63) is 63.1 Å². The quantitative estimate of drug-likeness (QED) is 0.379. The molecule has 1 fully saturated rings. The van der Waals surface area contributed by atoms with Gasteiger partial charge in [-0.3, -0.25) is 0 Å². The Kier molecular flexibility index (Phi) is 7.40. The molecular formula is C24H27Cl2N7. The van der Waals surface area contributed by atoms with Gasteiger partial charge in [0.15, 0.2) is 0 Å². The molecule has 7 nitrogen and oxygen atoms in total. The van der Waals surface area contributed by atoms with Crippen LogP contribution in [-0.2, 0) is 6.54 Å². The Labute approximate surface area is 204 Å². The average Bonchev–Trinajstić information content (AvgIpc) is 2.80. The van der Waals surface area contributed by atoms with Crippen LogP contribution < -0.4 is 10.2 Å². The molecule has 0 radical (unpaired) electrons. The molecule has 4 rings (SSSR count). The van der Waals surface area contributed by atoms with Gasteiger partial charge < -0.3 is 10.2 Å². The Hall–Kier alpha value is -2.77. The van der Waals surface area contributed by atoms with Gasteiger partial charge in [-0.2, -0.15) is 20.1 Å². The van der Waals surface area contributed by atoms with Crippen molar-refractivity contribution in [2.45, 2.75) is 40.2 Å². The molecule has 2 heterocycles. The summed E-state index contributed by atoms with van der Waals surface area (Å²) in [7, 11) is 0. The maximum absolute atomic E-state index is 6.27. The third kappa shape index (κ3) is 5.78. The fourth-order valence-corrected chi connectivity index (χ4v) is 4.04. The molecule has 1 N–H and O–H groups in total. The highest BCUT2D eigenvalue weighted by Gasteiger charge is 2.20. The van der Waals surface area contributed by atoms with Crippen LogP contribution in [0, 0.1) is 19.8 Å². The first-order valence-electron chi connectivity index (χ1n) is 11.1. The maximum atomic E-state index is 6.27. The van der Waals surface area contributed by atoms with Crippen LogP contribution in [0.25, 0.3) is 0 Å². The first-order valence-corrected chi connectivity index (χ1v) is 11.8. The van der Waals surface area contributed by atoms with E-state index in [4.69, 9.17) is 28.2 Å². The topological polar surface area (TPSA) is 78.7 Å². The molecule has 0 saturated carbocycles. The lowest BCUT2D eigenvalue weighted by Gasteiger charge is -2.30. The highest BCUT2D eigenvalue weighted by atomic mass is 35.5. The van der Waals surface area contributed by atoms with E-state index in [1.165, 1.54) is 5.56 Å². The van der Waals surface area contributed by atoms with Crippen LogP contribution in [0.3, 0.4) is 0 Å². The molecule has 33 heavy (non-hydrogen) atoms. The number of nitrogens with one attached hydrogen (secondary N) is 1. The number of azo groups is 1. The number of aromatic nitrogens is 3. The number of rotatable bonds is 6. The Balaban J connectivity index is 1.62. The SMILES string of the molecule is Cc1cccc(Nc2nc(N=NCc3cccc(Cl)c3Cl)nc(N3CCC(C)CC3)n2)c1C. The Bertz CT molecular complexity index is 1160. The zero-order chi connectivity index (χ0) is 23.4. The second-order valence-electron chi connectivity index (χ2n) is 8.41. The molecule has 0 amide bonds. The number of benzene rings is 2. The number of aryl methyl sites for hydroxylation is 1. The summed E-state index contributed by atoms with van der Waals surface area (Å²) in [6.07, 6.45) is 2.21. The standard InChI is InChI=1S/C24H27Cl2N7/c1-15-10-12-33(13-11-15)24-30-22(28-20-9-4-6-16(2)17(20)3)29-23(31-24)32-27-14-18-7-5-8-19(25)21(18)26/h4-9,15H,10-14H2,1-3H3,(H,28,29,30,31). The van der Waals surface area contributed by atoms with Crippen LogP contribution in [0.4, 0.5) is 23.5 Å². The molecule has 0 aliphatic carbocycles. The van der Waals surface area contributed by atoms with Gasteiger partial charge in [-0.1, -0.05) is 54.4 Å². The summed E-state index contributed by atoms with van der Waals surface area (Å²) in [5, 5.41) is 12.9. The van der Waals surface area contributed by atoms with E-state index >= 15 is 0 Å². The summed E-state index contributed by atoms with van der Waals surface area (Å²) in [6.45, 7) is 8.52. The van der Waals surface area contributed by atoms with Crippen molar-refractivity contribution in [2.75, 3.05) is 23.3 Å². The van der Waals surface area contributed by atoms with Gasteiger partial charge in [0, 0.05) is 18.8 Å².